The summed E-state index contributed by atoms with van der Waals surface area (Å²) in [4.78, 5) is 76.8. The van der Waals surface area contributed by atoms with Crippen LogP contribution in [0.1, 0.15) is 95.2 Å². The van der Waals surface area contributed by atoms with E-state index in [-0.39, 0.29) is 42.0 Å². The molecule has 4 fully saturated rings. The lowest BCUT2D eigenvalue weighted by Crippen LogP contribution is -2.78. The summed E-state index contributed by atoms with van der Waals surface area (Å²) in [5.41, 5.74) is 2.90. The predicted octanol–water partition coefficient (Wildman–Crippen LogP) is 3.58. The number of imide groups is 2. The molecule has 7 heterocycles. The maximum Gasteiger partial charge on any atom is 0.272 e. The zero-order chi connectivity index (χ0) is 43.1. The van der Waals surface area contributed by atoms with Gasteiger partial charge in [0, 0.05) is 68.4 Å². The highest BCUT2D eigenvalue weighted by atomic mass is 16.5. The van der Waals surface area contributed by atoms with Gasteiger partial charge in [-0.2, -0.15) is 5.26 Å². The van der Waals surface area contributed by atoms with Crippen molar-refractivity contribution in [3.63, 3.8) is 0 Å². The van der Waals surface area contributed by atoms with Crippen molar-refractivity contribution in [2.75, 3.05) is 55.6 Å². The van der Waals surface area contributed by atoms with E-state index in [1.54, 1.807) is 30.5 Å². The fraction of sp³-hybridized carbons (Fsp3) is 0.457. The second-order valence-electron chi connectivity index (χ2n) is 18.3. The summed E-state index contributed by atoms with van der Waals surface area (Å²) < 4.78 is 6.56. The lowest BCUT2D eigenvalue weighted by atomic mass is 9.45. The maximum absolute atomic E-state index is 13.7. The van der Waals surface area contributed by atoms with Crippen molar-refractivity contribution in [2.24, 2.45) is 11.3 Å². The molecule has 1 aliphatic carbocycles. The van der Waals surface area contributed by atoms with Crippen LogP contribution in [0.3, 0.4) is 0 Å². The third-order valence-corrected chi connectivity index (χ3v) is 14.5. The first-order chi connectivity index (χ1) is 29.9. The molecule has 4 atom stereocenters. The highest BCUT2D eigenvalue weighted by Crippen LogP contribution is 2.61. The van der Waals surface area contributed by atoms with E-state index in [9.17, 15) is 29.2 Å². The molecule has 3 unspecified atom stereocenters. The van der Waals surface area contributed by atoms with E-state index in [4.69, 9.17) is 4.74 Å². The molecule has 3 saturated heterocycles. The first-order valence-electron chi connectivity index (χ1n) is 21.6. The molecule has 4 aromatic rings. The summed E-state index contributed by atoms with van der Waals surface area (Å²) in [7, 11) is 0. The summed E-state index contributed by atoms with van der Waals surface area (Å²) in [6, 6.07) is 15.5. The second-order valence-corrected chi connectivity index (χ2v) is 18.3. The van der Waals surface area contributed by atoms with Gasteiger partial charge in [-0.15, -0.1) is 10.2 Å². The van der Waals surface area contributed by atoms with Crippen molar-refractivity contribution >= 4 is 51.9 Å². The van der Waals surface area contributed by atoms with Gasteiger partial charge in [0.2, 0.25) is 11.8 Å². The van der Waals surface area contributed by atoms with Crippen LogP contribution in [0.25, 0.3) is 10.9 Å². The van der Waals surface area contributed by atoms with Crippen LogP contribution in [-0.4, -0.2) is 119 Å². The minimum atomic E-state index is -0.978. The number of nitrogens with zero attached hydrogens (tertiary/aromatic N) is 8. The minimum absolute atomic E-state index is 0.0878. The number of benzene rings is 2. The van der Waals surface area contributed by atoms with Crippen molar-refractivity contribution in [2.45, 2.75) is 76.5 Å². The van der Waals surface area contributed by atoms with E-state index in [0.29, 0.717) is 33.9 Å². The van der Waals surface area contributed by atoms with E-state index in [2.05, 4.69) is 67.4 Å². The molecule has 1 saturated carbocycles. The fourth-order valence-electron chi connectivity index (χ4n) is 11.2. The number of fused-ring (bicyclic) bond motifs is 3. The van der Waals surface area contributed by atoms with Gasteiger partial charge in [0.1, 0.15) is 24.0 Å². The number of hydrogen-bond acceptors (Lipinski definition) is 13. The Morgan fingerprint density at radius 3 is 2.40 bits per heavy atom. The van der Waals surface area contributed by atoms with E-state index < -0.39 is 35.1 Å². The Hall–Kier alpha value is -6.47. The van der Waals surface area contributed by atoms with Gasteiger partial charge >= 0.3 is 0 Å². The van der Waals surface area contributed by atoms with Crippen LogP contribution < -0.4 is 25.2 Å². The van der Waals surface area contributed by atoms with Crippen molar-refractivity contribution in [1.82, 2.24) is 35.6 Å². The van der Waals surface area contributed by atoms with Crippen LogP contribution in [0.2, 0.25) is 0 Å². The number of aromatic nitrogens is 3. The molecule has 5 aliphatic heterocycles. The molecular formula is C46H48N10O6. The largest absolute Gasteiger partial charge is 0.488 e. The molecule has 62 heavy (non-hydrogen) atoms. The Bertz CT molecular complexity index is 2590. The number of nitriles is 1. The van der Waals surface area contributed by atoms with E-state index in [1.807, 2.05) is 24.3 Å². The number of rotatable bonds is 8. The lowest BCUT2D eigenvalue weighted by molar-refractivity contribution is -0.136. The average Bonchev–Trinajstić information content (AvgIpc) is 3.53. The molecule has 2 aromatic heterocycles. The molecule has 16 heteroatoms. The Kier molecular flexibility index (Phi) is 9.51. The Balaban J connectivity index is 0.699. The molecule has 318 valence electrons. The summed E-state index contributed by atoms with van der Waals surface area (Å²) >= 11 is 0. The van der Waals surface area contributed by atoms with Crippen LogP contribution in [0.5, 0.6) is 5.75 Å². The molecule has 0 radical (unpaired) electrons. The first-order valence-corrected chi connectivity index (χ1v) is 21.6. The van der Waals surface area contributed by atoms with Crippen molar-refractivity contribution in [1.29, 1.82) is 5.26 Å². The van der Waals surface area contributed by atoms with Gasteiger partial charge in [-0.25, -0.2) is 0 Å². The molecule has 0 bridgehead atoms. The molecule has 6 aliphatic rings. The molecule has 2 aromatic carbocycles. The molecular weight excluding hydrogens is 789 g/mol. The average molecular weight is 837 g/mol. The fourth-order valence-corrected chi connectivity index (χ4v) is 11.2. The smallest absolute Gasteiger partial charge is 0.272 e. The van der Waals surface area contributed by atoms with Crippen LogP contribution >= 0.6 is 0 Å². The van der Waals surface area contributed by atoms with Gasteiger partial charge in [0.25, 0.3) is 17.7 Å². The molecule has 16 nitrogen and oxygen atoms in total. The van der Waals surface area contributed by atoms with Gasteiger partial charge < -0.3 is 19.9 Å². The number of carbonyl (C=O) groups is 5. The third kappa shape index (κ3) is 6.27. The summed E-state index contributed by atoms with van der Waals surface area (Å²) in [5.74, 6) is -0.216. The van der Waals surface area contributed by atoms with Crippen LogP contribution in [0.15, 0.2) is 54.7 Å². The topological polar surface area (TPSA) is 194 Å². The Morgan fingerprint density at radius 1 is 0.903 bits per heavy atom. The van der Waals surface area contributed by atoms with Crippen molar-refractivity contribution < 1.29 is 28.7 Å². The lowest BCUT2D eigenvalue weighted by Gasteiger charge is -2.66. The first kappa shape index (κ1) is 39.7. The SMILES string of the molecule is CC1(C)C(NC(=O)c2ccc(N3CCC(CCN4CCN(c5ccc6c(c5)C(=O)N(C5CCC(=O)NC5=O)C6=O)CC4)CC3)nn2)C2(C)c3ccnc4c(C#N)ccc(c34)O[C@@H]12. The number of amides is 5. The monoisotopic (exact) mass is 836 g/mol. The third-order valence-electron chi connectivity index (χ3n) is 14.5. The van der Waals surface area contributed by atoms with Gasteiger partial charge in [-0.05, 0) is 99.2 Å². The van der Waals surface area contributed by atoms with E-state index >= 15 is 0 Å². The summed E-state index contributed by atoms with van der Waals surface area (Å²) in [6.45, 7) is 12.4. The number of carbonyl (C=O) groups excluding carboxylic acids is 5. The number of piperidine rings is 2. The van der Waals surface area contributed by atoms with E-state index in [1.165, 1.54) is 0 Å². The van der Waals surface area contributed by atoms with Crippen LogP contribution in [0, 0.1) is 22.7 Å². The number of anilines is 2. The standard InChI is InChI=1S/C46H48N10O6/c1-45(2)43(46(3)31-12-16-48-38-27(25-47)4-9-34(37(31)38)62-44(45)46)50-39(58)32-7-10-35(52-51-32)55-18-14-26(15-19-55)13-17-53-20-22-54(23-21-53)28-5-6-29-30(24-28)42(61)56(41(29)60)33-8-11-36(57)49-40(33)59/h4-7,9-10,12,16,24,26,33,43-44H,8,11,13-15,17-23H2,1-3H3,(H,50,58)(H,49,57,59)/t33?,43?,44-,46?/m0/s1. The van der Waals surface area contributed by atoms with Crippen LogP contribution in [0.4, 0.5) is 11.5 Å². The highest BCUT2D eigenvalue weighted by molar-refractivity contribution is 6.23. The number of pyridine rings is 1. The van der Waals surface area contributed by atoms with Crippen LogP contribution in [-0.2, 0) is 15.0 Å². The normalized spacial score (nSPS) is 25.7. The number of nitrogens with one attached hydrogen (secondary N) is 2. The van der Waals surface area contributed by atoms with E-state index in [0.717, 1.165) is 92.4 Å². The highest BCUT2D eigenvalue weighted by Gasteiger charge is 2.69. The Labute approximate surface area is 358 Å². The molecule has 10 rings (SSSR count). The van der Waals surface area contributed by atoms with Gasteiger partial charge in [-0.3, -0.25) is 44.1 Å². The number of ether oxygens (including phenoxy) is 1. The Morgan fingerprint density at radius 2 is 1.68 bits per heavy atom. The predicted molar refractivity (Wildman–Crippen MR) is 227 cm³/mol. The number of hydrogen-bond donors (Lipinski definition) is 2. The van der Waals surface area contributed by atoms with Gasteiger partial charge in [-0.1, -0.05) is 13.8 Å². The second kappa shape index (κ2) is 14.9. The zero-order valence-electron chi connectivity index (χ0n) is 35.0. The molecule has 5 amide bonds. The zero-order valence-corrected chi connectivity index (χ0v) is 35.0. The summed E-state index contributed by atoms with van der Waals surface area (Å²) in [5, 5.41) is 25.0. The van der Waals surface area contributed by atoms with Gasteiger partial charge in [0.05, 0.1) is 33.7 Å². The van der Waals surface area contributed by atoms with Crippen molar-refractivity contribution in [3.8, 4) is 11.8 Å². The van der Waals surface area contributed by atoms with Gasteiger partial charge in [0.15, 0.2) is 11.5 Å². The van der Waals surface area contributed by atoms with Crippen molar-refractivity contribution in [3.05, 3.63) is 82.7 Å². The summed E-state index contributed by atoms with van der Waals surface area (Å²) in [6.07, 6.45) is 4.94. The number of piperazine rings is 1. The quantitative estimate of drug-likeness (QED) is 0.245. The maximum atomic E-state index is 13.7. The minimum Gasteiger partial charge on any atom is -0.488 e. The molecule has 2 N–H and O–H groups in total. The molecule has 0 spiro atoms.